The van der Waals surface area contributed by atoms with Gasteiger partial charge in [0.2, 0.25) is 15.9 Å². The minimum atomic E-state index is -4.02. The second-order valence-corrected chi connectivity index (χ2v) is 6.09. The first-order valence-electron chi connectivity index (χ1n) is 5.63. The zero-order valence-corrected chi connectivity index (χ0v) is 11.1. The molecular formula is C11H14FN3O3S. The molecule has 1 aliphatic rings. The molecule has 104 valence electrons. The third-order valence-corrected chi connectivity index (χ3v) is 4.52. The van der Waals surface area contributed by atoms with Crippen LogP contribution in [0.25, 0.3) is 0 Å². The van der Waals surface area contributed by atoms with Gasteiger partial charge in [0.05, 0.1) is 5.69 Å². The Balaban J connectivity index is 2.28. The van der Waals surface area contributed by atoms with Gasteiger partial charge in [-0.15, -0.1) is 0 Å². The lowest BCUT2D eigenvalue weighted by Crippen LogP contribution is -2.40. The number of nitrogens with two attached hydrogens (primary N) is 1. The number of benzene rings is 1. The number of sulfonamides is 1. The van der Waals surface area contributed by atoms with E-state index in [0.29, 0.717) is 13.0 Å². The van der Waals surface area contributed by atoms with Crippen molar-refractivity contribution in [3.05, 3.63) is 24.0 Å². The van der Waals surface area contributed by atoms with Crippen LogP contribution in [0.4, 0.5) is 10.1 Å². The van der Waals surface area contributed by atoms with Gasteiger partial charge < -0.3 is 10.6 Å². The second kappa shape index (κ2) is 4.78. The third kappa shape index (κ3) is 2.69. The molecule has 1 saturated heterocycles. The Bertz CT molecular complexity index is 618. The highest BCUT2D eigenvalue weighted by Gasteiger charge is 2.33. The van der Waals surface area contributed by atoms with Crippen LogP contribution in [0.15, 0.2) is 23.1 Å². The van der Waals surface area contributed by atoms with E-state index in [1.54, 1.807) is 7.05 Å². The van der Waals surface area contributed by atoms with E-state index in [4.69, 9.17) is 5.73 Å². The Labute approximate surface area is 110 Å². The average Bonchev–Trinajstić information content (AvgIpc) is 2.63. The number of carbonyl (C=O) groups excluding carboxylic acids is 1. The van der Waals surface area contributed by atoms with E-state index in [1.807, 2.05) is 0 Å². The molecule has 2 rings (SSSR count). The summed E-state index contributed by atoms with van der Waals surface area (Å²) in [5.41, 5.74) is 5.47. The summed E-state index contributed by atoms with van der Waals surface area (Å²) in [5, 5.41) is 0. The number of halogens is 1. The molecule has 6 nitrogen and oxygen atoms in total. The largest absolute Gasteiger partial charge is 0.398 e. The maximum absolute atomic E-state index is 13.1. The SMILES string of the molecule is CN1CCC(NS(=O)(=O)c2cc(F)ccc2N)C1=O. The molecule has 0 bridgehead atoms. The van der Waals surface area contributed by atoms with Gasteiger partial charge in [0.25, 0.3) is 0 Å². The number of carbonyl (C=O) groups is 1. The smallest absolute Gasteiger partial charge is 0.243 e. The molecule has 0 saturated carbocycles. The lowest BCUT2D eigenvalue weighted by Gasteiger charge is -2.13. The molecule has 3 N–H and O–H groups in total. The molecule has 1 fully saturated rings. The average molecular weight is 287 g/mol. The van der Waals surface area contributed by atoms with Crippen molar-refractivity contribution < 1.29 is 17.6 Å². The molecule has 1 aliphatic heterocycles. The van der Waals surface area contributed by atoms with Crippen LogP contribution in [0.3, 0.4) is 0 Å². The summed E-state index contributed by atoms with van der Waals surface area (Å²) < 4.78 is 39.5. The predicted octanol–water partition coefficient (Wildman–Crippen LogP) is -0.0831. The fourth-order valence-electron chi connectivity index (χ4n) is 1.92. The highest BCUT2D eigenvalue weighted by molar-refractivity contribution is 7.89. The van der Waals surface area contributed by atoms with Crippen LogP contribution in [0.1, 0.15) is 6.42 Å². The summed E-state index contributed by atoms with van der Waals surface area (Å²) in [6, 6.07) is 2.26. The number of amides is 1. The van der Waals surface area contributed by atoms with Crippen LogP contribution >= 0.6 is 0 Å². The van der Waals surface area contributed by atoms with Gasteiger partial charge >= 0.3 is 0 Å². The van der Waals surface area contributed by atoms with Crippen molar-refractivity contribution in [2.45, 2.75) is 17.4 Å². The van der Waals surface area contributed by atoms with Gasteiger partial charge in [0.1, 0.15) is 16.8 Å². The van der Waals surface area contributed by atoms with E-state index in [0.717, 1.165) is 12.1 Å². The van der Waals surface area contributed by atoms with Gasteiger partial charge in [0, 0.05) is 13.6 Å². The van der Waals surface area contributed by atoms with Crippen LogP contribution in [0.2, 0.25) is 0 Å². The maximum Gasteiger partial charge on any atom is 0.243 e. The molecule has 1 aromatic carbocycles. The third-order valence-electron chi connectivity index (χ3n) is 2.99. The highest BCUT2D eigenvalue weighted by Crippen LogP contribution is 2.21. The second-order valence-electron chi connectivity index (χ2n) is 4.40. The van der Waals surface area contributed by atoms with Crippen LogP contribution in [0.5, 0.6) is 0 Å². The zero-order chi connectivity index (χ0) is 14.2. The lowest BCUT2D eigenvalue weighted by molar-refractivity contribution is -0.127. The fourth-order valence-corrected chi connectivity index (χ4v) is 3.29. The van der Waals surface area contributed by atoms with E-state index >= 15 is 0 Å². The van der Waals surface area contributed by atoms with E-state index in [1.165, 1.54) is 11.0 Å². The summed E-state index contributed by atoms with van der Waals surface area (Å²) in [6.07, 6.45) is 0.379. The van der Waals surface area contributed by atoms with Crippen molar-refractivity contribution in [2.24, 2.45) is 0 Å². The van der Waals surface area contributed by atoms with Crippen molar-refractivity contribution in [3.63, 3.8) is 0 Å². The zero-order valence-electron chi connectivity index (χ0n) is 10.3. The van der Waals surface area contributed by atoms with Crippen LogP contribution in [-0.2, 0) is 14.8 Å². The highest BCUT2D eigenvalue weighted by atomic mass is 32.2. The molecule has 0 radical (unpaired) electrons. The van der Waals surface area contributed by atoms with E-state index in [9.17, 15) is 17.6 Å². The minimum absolute atomic E-state index is 0.0623. The van der Waals surface area contributed by atoms with Gasteiger partial charge in [-0.05, 0) is 24.6 Å². The Morgan fingerprint density at radius 3 is 2.74 bits per heavy atom. The van der Waals surface area contributed by atoms with Crippen LogP contribution in [-0.4, -0.2) is 38.9 Å². The van der Waals surface area contributed by atoms with Crippen molar-refractivity contribution in [1.29, 1.82) is 0 Å². The van der Waals surface area contributed by atoms with E-state index < -0.39 is 21.9 Å². The summed E-state index contributed by atoms with van der Waals surface area (Å²) in [7, 11) is -2.43. The van der Waals surface area contributed by atoms with Crippen molar-refractivity contribution in [2.75, 3.05) is 19.3 Å². The Morgan fingerprint density at radius 2 is 2.16 bits per heavy atom. The molecule has 0 spiro atoms. The quantitative estimate of drug-likeness (QED) is 0.760. The first-order valence-corrected chi connectivity index (χ1v) is 7.12. The number of hydrogen-bond donors (Lipinski definition) is 2. The number of nitrogens with zero attached hydrogens (tertiary/aromatic N) is 1. The number of hydrogen-bond acceptors (Lipinski definition) is 4. The van der Waals surface area contributed by atoms with E-state index in [2.05, 4.69) is 4.72 Å². The molecule has 1 heterocycles. The number of rotatable bonds is 3. The molecule has 1 atom stereocenters. The molecule has 1 unspecified atom stereocenters. The van der Waals surface area contributed by atoms with Gasteiger partial charge in [0.15, 0.2) is 0 Å². The fraction of sp³-hybridized carbons (Fsp3) is 0.364. The van der Waals surface area contributed by atoms with Gasteiger partial charge in [-0.2, -0.15) is 4.72 Å². The summed E-state index contributed by atoms with van der Waals surface area (Å²) in [4.78, 5) is 12.7. The standard InChI is InChI=1S/C11H14FN3O3S/c1-15-5-4-9(11(15)16)14-19(17,18)10-6-7(12)2-3-8(10)13/h2-3,6,9,14H,4-5,13H2,1H3. The molecule has 8 heteroatoms. The minimum Gasteiger partial charge on any atom is -0.398 e. The molecule has 1 aromatic rings. The first-order chi connectivity index (χ1) is 8.81. The van der Waals surface area contributed by atoms with E-state index in [-0.39, 0.29) is 16.5 Å². The molecule has 19 heavy (non-hydrogen) atoms. The maximum atomic E-state index is 13.1. The summed E-state index contributed by atoms with van der Waals surface area (Å²) in [6.45, 7) is 0.477. The van der Waals surface area contributed by atoms with Gasteiger partial charge in [-0.1, -0.05) is 0 Å². The first kappa shape index (κ1) is 13.8. The number of nitrogen functional groups attached to an aromatic ring is 1. The van der Waals surface area contributed by atoms with Gasteiger partial charge in [-0.25, -0.2) is 12.8 Å². The van der Waals surface area contributed by atoms with Crippen molar-refractivity contribution >= 4 is 21.6 Å². The normalized spacial score (nSPS) is 20.0. The molecular weight excluding hydrogens is 273 g/mol. The van der Waals surface area contributed by atoms with Crippen LogP contribution in [0, 0.1) is 5.82 Å². The van der Waals surface area contributed by atoms with Crippen molar-refractivity contribution in [1.82, 2.24) is 9.62 Å². The number of likely N-dealkylation sites (N-methyl/N-ethyl adjacent to an activating group) is 1. The topological polar surface area (TPSA) is 92.5 Å². The number of anilines is 1. The Kier molecular flexibility index (Phi) is 3.46. The lowest BCUT2D eigenvalue weighted by atomic mass is 10.3. The number of nitrogens with one attached hydrogen (secondary N) is 1. The molecule has 0 aliphatic carbocycles. The van der Waals surface area contributed by atoms with Crippen LogP contribution < -0.4 is 10.5 Å². The number of likely N-dealkylation sites (tertiary alicyclic amines) is 1. The van der Waals surface area contributed by atoms with Gasteiger partial charge in [-0.3, -0.25) is 4.79 Å². The predicted molar refractivity (Wildman–Crippen MR) is 67.2 cm³/mol. The van der Waals surface area contributed by atoms with Crippen molar-refractivity contribution in [3.8, 4) is 0 Å². The summed E-state index contributed by atoms with van der Waals surface area (Å²) >= 11 is 0. The Hall–Kier alpha value is -1.67. The Morgan fingerprint density at radius 1 is 1.47 bits per heavy atom. The molecule has 0 aromatic heterocycles. The molecule has 1 amide bonds. The monoisotopic (exact) mass is 287 g/mol. The summed E-state index contributed by atoms with van der Waals surface area (Å²) in [5.74, 6) is -1.01.